The zero-order valence-electron chi connectivity index (χ0n) is 16.9. The highest BCUT2D eigenvalue weighted by Gasteiger charge is 2.76. The first-order valence-corrected chi connectivity index (χ1v) is 10.8. The van der Waals surface area contributed by atoms with Crippen LogP contribution in [0.1, 0.15) is 65.7 Å². The molecule has 0 amide bonds. The average Bonchev–Trinajstić information content (AvgIpc) is 3.11. The van der Waals surface area contributed by atoms with Crippen molar-refractivity contribution in [3.8, 4) is 0 Å². The van der Waals surface area contributed by atoms with Crippen LogP contribution in [0.4, 0.5) is 0 Å². The molecule has 2 aliphatic heterocycles. The van der Waals surface area contributed by atoms with Gasteiger partial charge < -0.3 is 19.0 Å². The monoisotopic (exact) mass is 390 g/mol. The molecule has 6 heteroatoms. The average molecular weight is 390 g/mol. The van der Waals surface area contributed by atoms with Gasteiger partial charge in [-0.1, -0.05) is 20.3 Å². The van der Waals surface area contributed by atoms with Crippen molar-refractivity contribution in [2.75, 3.05) is 0 Å². The minimum atomic E-state index is -0.733. The van der Waals surface area contributed by atoms with Crippen molar-refractivity contribution in [3.63, 3.8) is 0 Å². The van der Waals surface area contributed by atoms with Crippen LogP contribution in [0.3, 0.4) is 0 Å². The number of hydrogen-bond donors (Lipinski definition) is 0. The van der Waals surface area contributed by atoms with Crippen LogP contribution >= 0.6 is 0 Å². The molecule has 3 aliphatic carbocycles. The van der Waals surface area contributed by atoms with Crippen LogP contribution in [-0.2, 0) is 28.6 Å². The molecule has 0 N–H and O–H groups in total. The molecule has 0 aromatic carbocycles. The molecule has 2 saturated heterocycles. The van der Waals surface area contributed by atoms with Gasteiger partial charge >= 0.3 is 11.9 Å². The number of carbonyl (C=O) groups is 3. The fourth-order valence-corrected chi connectivity index (χ4v) is 8.20. The fraction of sp³-hybridized carbons (Fsp3) is 0.864. The maximum Gasteiger partial charge on any atom is 0.311 e. The predicted octanol–water partition coefficient (Wildman–Crippen LogP) is 3.22. The Morgan fingerprint density at radius 1 is 1.14 bits per heavy atom. The first kappa shape index (κ1) is 18.6. The summed E-state index contributed by atoms with van der Waals surface area (Å²) in [6.07, 6.45) is 6.10. The molecule has 5 fully saturated rings. The minimum Gasteiger partial charge on any atom is -0.435 e. The molecule has 2 heterocycles. The van der Waals surface area contributed by atoms with E-state index < -0.39 is 29.4 Å². The first-order valence-electron chi connectivity index (χ1n) is 10.8. The van der Waals surface area contributed by atoms with Gasteiger partial charge in [-0.2, -0.15) is 0 Å². The summed E-state index contributed by atoms with van der Waals surface area (Å²) < 4.78 is 17.3. The first-order chi connectivity index (χ1) is 13.3. The van der Waals surface area contributed by atoms with Crippen molar-refractivity contribution >= 4 is 18.2 Å². The van der Waals surface area contributed by atoms with Crippen LogP contribution in [0.15, 0.2) is 0 Å². The second-order valence-corrected chi connectivity index (χ2v) is 10.4. The molecule has 6 nitrogen and oxygen atoms in total. The highest BCUT2D eigenvalue weighted by Crippen LogP contribution is 2.73. The molecule has 8 atom stereocenters. The van der Waals surface area contributed by atoms with Gasteiger partial charge in [0, 0.05) is 23.7 Å². The molecule has 0 bridgehead atoms. The maximum atomic E-state index is 12.8. The van der Waals surface area contributed by atoms with Crippen LogP contribution in [0.25, 0.3) is 0 Å². The summed E-state index contributed by atoms with van der Waals surface area (Å²) in [5, 5.41) is 0. The van der Waals surface area contributed by atoms with Crippen LogP contribution in [-0.4, -0.2) is 30.8 Å². The minimum absolute atomic E-state index is 0.0564. The molecule has 0 aromatic rings. The van der Waals surface area contributed by atoms with E-state index in [0.717, 1.165) is 44.9 Å². The summed E-state index contributed by atoms with van der Waals surface area (Å²) in [6, 6.07) is 0. The number of aldehydes is 1. The lowest BCUT2D eigenvalue weighted by atomic mass is 9.38. The van der Waals surface area contributed by atoms with Crippen LogP contribution in [0.2, 0.25) is 0 Å². The topological polar surface area (TPSA) is 78.9 Å². The molecule has 0 radical (unpaired) electrons. The van der Waals surface area contributed by atoms with Crippen molar-refractivity contribution in [3.05, 3.63) is 0 Å². The summed E-state index contributed by atoms with van der Waals surface area (Å²) in [7, 11) is 0. The summed E-state index contributed by atoms with van der Waals surface area (Å²) in [6.45, 7) is 5.97. The number of hydrogen-bond acceptors (Lipinski definition) is 6. The summed E-state index contributed by atoms with van der Waals surface area (Å²) >= 11 is 0. The summed E-state index contributed by atoms with van der Waals surface area (Å²) in [4.78, 5) is 37.1. The van der Waals surface area contributed by atoms with Crippen molar-refractivity contribution in [2.24, 2.45) is 39.9 Å². The molecular weight excluding hydrogens is 360 g/mol. The van der Waals surface area contributed by atoms with E-state index in [4.69, 9.17) is 14.2 Å². The Kier molecular flexibility index (Phi) is 3.85. The molecule has 1 spiro atoms. The second-order valence-electron chi connectivity index (χ2n) is 10.4. The molecule has 3 saturated carbocycles. The zero-order chi connectivity index (χ0) is 19.9. The summed E-state index contributed by atoms with van der Waals surface area (Å²) in [5.41, 5.74) is -0.834. The lowest BCUT2D eigenvalue weighted by molar-refractivity contribution is -0.248. The Labute approximate surface area is 165 Å². The largest absolute Gasteiger partial charge is 0.435 e. The Balaban J connectivity index is 1.64. The van der Waals surface area contributed by atoms with Gasteiger partial charge in [0.15, 0.2) is 0 Å². The Morgan fingerprint density at radius 3 is 2.64 bits per heavy atom. The van der Waals surface area contributed by atoms with Crippen molar-refractivity contribution < 1.29 is 28.6 Å². The fourth-order valence-electron chi connectivity index (χ4n) is 8.20. The lowest BCUT2D eigenvalue weighted by Crippen LogP contribution is -2.64. The van der Waals surface area contributed by atoms with Gasteiger partial charge in [0.05, 0.1) is 5.92 Å². The normalized spacial score (nSPS) is 50.8. The molecular formula is C22H30O6. The number of rotatable bonds is 2. The van der Waals surface area contributed by atoms with Gasteiger partial charge in [-0.3, -0.25) is 9.59 Å². The predicted molar refractivity (Wildman–Crippen MR) is 97.5 cm³/mol. The third-order valence-corrected chi connectivity index (χ3v) is 9.02. The van der Waals surface area contributed by atoms with E-state index in [1.807, 2.05) is 0 Å². The molecule has 154 valence electrons. The molecule has 8 unspecified atom stereocenters. The molecule has 5 aliphatic rings. The molecule has 5 rings (SSSR count). The Bertz CT molecular complexity index is 731. The van der Waals surface area contributed by atoms with Crippen LogP contribution < -0.4 is 0 Å². The van der Waals surface area contributed by atoms with Crippen molar-refractivity contribution in [1.29, 1.82) is 0 Å². The van der Waals surface area contributed by atoms with Gasteiger partial charge in [-0.25, -0.2) is 0 Å². The van der Waals surface area contributed by atoms with Crippen LogP contribution in [0, 0.1) is 39.9 Å². The quantitative estimate of drug-likeness (QED) is 0.532. The van der Waals surface area contributed by atoms with Crippen molar-refractivity contribution in [2.45, 2.75) is 78.3 Å². The van der Waals surface area contributed by atoms with E-state index in [0.29, 0.717) is 5.92 Å². The highest BCUT2D eigenvalue weighted by molar-refractivity contribution is 5.76. The molecule has 0 aromatic heterocycles. The van der Waals surface area contributed by atoms with E-state index in [1.54, 1.807) is 0 Å². The van der Waals surface area contributed by atoms with E-state index in [1.165, 1.54) is 13.2 Å². The van der Waals surface area contributed by atoms with E-state index >= 15 is 0 Å². The lowest BCUT2D eigenvalue weighted by Gasteiger charge is -2.64. The number of carbonyl (C=O) groups excluding carboxylic acids is 3. The van der Waals surface area contributed by atoms with E-state index in [-0.39, 0.29) is 29.1 Å². The third-order valence-electron chi connectivity index (χ3n) is 9.02. The van der Waals surface area contributed by atoms with Crippen LogP contribution in [0.5, 0.6) is 0 Å². The number of esters is 2. The third kappa shape index (κ3) is 2.10. The Morgan fingerprint density at radius 2 is 1.93 bits per heavy atom. The Hall–Kier alpha value is -1.43. The maximum absolute atomic E-state index is 12.8. The van der Waals surface area contributed by atoms with Gasteiger partial charge in [0.25, 0.3) is 0 Å². The highest BCUT2D eigenvalue weighted by atomic mass is 16.8. The molecule has 28 heavy (non-hydrogen) atoms. The second kappa shape index (κ2) is 5.80. The standard InChI is InChI=1S/C22H30O6/c1-12(24)26-19-22-10-7-14-20(2,3)8-4-9-21(14,11-23)15(22)6-5-13-16(22)18(28-19)27-17(13)25/h11,13-16,18-19H,4-10H2,1-3H3. The van der Waals surface area contributed by atoms with Gasteiger partial charge in [0.1, 0.15) is 6.29 Å². The van der Waals surface area contributed by atoms with Gasteiger partial charge in [-0.05, 0) is 55.8 Å². The smallest absolute Gasteiger partial charge is 0.311 e. The van der Waals surface area contributed by atoms with E-state index in [9.17, 15) is 14.4 Å². The SMILES string of the molecule is CC(=O)OC1OC2OC(=O)C3CCC4C5(C=O)CCCC(C)(C)C5CCC14C23. The van der Waals surface area contributed by atoms with E-state index in [2.05, 4.69) is 13.8 Å². The van der Waals surface area contributed by atoms with Gasteiger partial charge in [-0.15, -0.1) is 0 Å². The number of ether oxygens (including phenoxy) is 3. The van der Waals surface area contributed by atoms with Crippen molar-refractivity contribution in [1.82, 2.24) is 0 Å². The summed E-state index contributed by atoms with van der Waals surface area (Å²) in [5.74, 6) is -0.544. The zero-order valence-corrected chi connectivity index (χ0v) is 16.9. The van der Waals surface area contributed by atoms with Gasteiger partial charge in [0.2, 0.25) is 12.6 Å². The number of fused-ring (bicyclic) bond motifs is 2.